The molecule has 0 radical (unpaired) electrons. The van der Waals surface area contributed by atoms with Gasteiger partial charge in [-0.15, -0.1) is 22.7 Å². The molecule has 8 heteroatoms. The fourth-order valence-corrected chi connectivity index (χ4v) is 4.58. The first-order valence-electron chi connectivity index (χ1n) is 7.61. The van der Waals surface area contributed by atoms with Gasteiger partial charge in [-0.25, -0.2) is 9.69 Å². The molecule has 4 heterocycles. The number of rotatable bonds is 4. The van der Waals surface area contributed by atoms with Crippen molar-refractivity contribution in [1.29, 1.82) is 0 Å². The number of nitrogens with zero attached hydrogens (tertiary/aromatic N) is 3. The van der Waals surface area contributed by atoms with Crippen LogP contribution in [0, 0.1) is 0 Å². The van der Waals surface area contributed by atoms with Gasteiger partial charge in [-0.1, -0.05) is 6.07 Å². The first-order chi connectivity index (χ1) is 11.6. The highest BCUT2D eigenvalue weighted by Crippen LogP contribution is 2.25. The highest BCUT2D eigenvalue weighted by Gasteiger charge is 2.45. The number of imide groups is 2. The Bertz CT molecular complexity index is 799. The molecule has 0 atom stereocenters. The lowest BCUT2D eigenvalue weighted by molar-refractivity contribution is -0.144. The maximum absolute atomic E-state index is 12.5. The lowest BCUT2D eigenvalue weighted by atomic mass is 10.1. The van der Waals surface area contributed by atoms with E-state index in [0.717, 1.165) is 27.6 Å². The predicted octanol–water partition coefficient (Wildman–Crippen LogP) is 2.12. The van der Waals surface area contributed by atoms with Crippen LogP contribution >= 0.6 is 22.7 Å². The molecule has 1 saturated heterocycles. The van der Waals surface area contributed by atoms with Crippen molar-refractivity contribution >= 4 is 40.5 Å². The van der Waals surface area contributed by atoms with Crippen LogP contribution in [0.2, 0.25) is 0 Å². The number of amides is 4. The van der Waals surface area contributed by atoms with Crippen molar-refractivity contribution in [3.8, 4) is 0 Å². The maximum atomic E-state index is 12.5. The Morgan fingerprint density at radius 1 is 1.00 bits per heavy atom. The molecule has 124 valence electrons. The van der Waals surface area contributed by atoms with Gasteiger partial charge in [0.05, 0.1) is 13.2 Å². The molecule has 2 aliphatic heterocycles. The second-order valence-corrected chi connectivity index (χ2v) is 7.83. The van der Waals surface area contributed by atoms with Crippen molar-refractivity contribution in [2.75, 3.05) is 13.2 Å². The van der Waals surface area contributed by atoms with E-state index in [4.69, 9.17) is 0 Å². The number of hydrogen-bond donors (Lipinski definition) is 0. The summed E-state index contributed by atoms with van der Waals surface area (Å²) in [4.78, 5) is 43.3. The Balaban J connectivity index is 1.46. The Morgan fingerprint density at radius 3 is 2.62 bits per heavy atom. The molecule has 1 fully saturated rings. The second-order valence-electron chi connectivity index (χ2n) is 5.80. The van der Waals surface area contributed by atoms with E-state index in [2.05, 4.69) is 11.4 Å². The van der Waals surface area contributed by atoms with E-state index in [1.807, 2.05) is 22.4 Å². The number of carbonyl (C=O) groups is 3. The van der Waals surface area contributed by atoms with E-state index in [1.54, 1.807) is 11.3 Å². The van der Waals surface area contributed by atoms with E-state index < -0.39 is 17.8 Å². The Labute approximate surface area is 146 Å². The highest BCUT2D eigenvalue weighted by atomic mass is 32.1. The third kappa shape index (κ3) is 2.66. The van der Waals surface area contributed by atoms with Crippen molar-refractivity contribution in [3.05, 3.63) is 44.3 Å². The maximum Gasteiger partial charge on any atom is 0.335 e. The summed E-state index contributed by atoms with van der Waals surface area (Å²) in [7, 11) is 0. The fourth-order valence-electron chi connectivity index (χ4n) is 3.00. The summed E-state index contributed by atoms with van der Waals surface area (Å²) in [5, 5.41) is 3.94. The first-order valence-corrected chi connectivity index (χ1v) is 9.36. The van der Waals surface area contributed by atoms with Crippen LogP contribution in [0.5, 0.6) is 0 Å². The van der Waals surface area contributed by atoms with Crippen LogP contribution in [-0.4, -0.2) is 45.8 Å². The van der Waals surface area contributed by atoms with Crippen molar-refractivity contribution in [3.63, 3.8) is 0 Å². The number of thiophene rings is 2. The molecule has 0 N–H and O–H groups in total. The van der Waals surface area contributed by atoms with Gasteiger partial charge < -0.3 is 0 Å². The van der Waals surface area contributed by atoms with Crippen LogP contribution in [0.3, 0.4) is 0 Å². The molecule has 0 aromatic carbocycles. The molecule has 0 spiro atoms. The van der Waals surface area contributed by atoms with Crippen molar-refractivity contribution in [2.45, 2.75) is 19.5 Å². The molecule has 0 saturated carbocycles. The van der Waals surface area contributed by atoms with Crippen LogP contribution in [0.25, 0.3) is 0 Å². The summed E-state index contributed by atoms with van der Waals surface area (Å²) in [6.07, 6.45) is 0.913. The van der Waals surface area contributed by atoms with Gasteiger partial charge in [0.1, 0.15) is 0 Å². The van der Waals surface area contributed by atoms with Crippen LogP contribution in [0.4, 0.5) is 4.79 Å². The Kier molecular flexibility index (Phi) is 3.95. The second kappa shape index (κ2) is 6.12. The molecule has 0 bridgehead atoms. The number of carbonyl (C=O) groups excluding carboxylic acids is 3. The van der Waals surface area contributed by atoms with E-state index in [0.29, 0.717) is 6.54 Å². The van der Waals surface area contributed by atoms with Crippen LogP contribution in [-0.2, 0) is 29.1 Å². The fraction of sp³-hybridized carbons (Fsp3) is 0.312. The lowest BCUT2D eigenvalue weighted by Crippen LogP contribution is -2.43. The van der Waals surface area contributed by atoms with Crippen molar-refractivity contribution in [2.24, 2.45) is 0 Å². The SMILES string of the molecule is O=C1C(=O)N(CN2CCc3sccc3C2)C(=O)N1Cc1cccs1. The van der Waals surface area contributed by atoms with Crippen LogP contribution in [0.1, 0.15) is 15.3 Å². The molecule has 0 unspecified atom stereocenters. The minimum Gasteiger partial charge on any atom is -0.281 e. The monoisotopic (exact) mass is 361 g/mol. The average molecular weight is 361 g/mol. The number of urea groups is 1. The molecule has 2 aliphatic rings. The van der Waals surface area contributed by atoms with E-state index in [1.165, 1.54) is 21.8 Å². The standard InChI is InChI=1S/C16H15N3O3S2/c20-14-15(21)19(16(22)18(14)9-12-2-1-6-23-12)10-17-5-3-13-11(8-17)4-7-24-13/h1-2,4,6-7H,3,5,8-10H2. The lowest BCUT2D eigenvalue weighted by Gasteiger charge is -2.29. The summed E-state index contributed by atoms with van der Waals surface area (Å²) in [6, 6.07) is 5.26. The molecule has 0 aliphatic carbocycles. The van der Waals surface area contributed by atoms with Gasteiger partial charge >= 0.3 is 17.8 Å². The smallest absolute Gasteiger partial charge is 0.281 e. The highest BCUT2D eigenvalue weighted by molar-refractivity contribution is 7.10. The summed E-state index contributed by atoms with van der Waals surface area (Å²) < 4.78 is 0. The summed E-state index contributed by atoms with van der Waals surface area (Å²) in [5.74, 6) is -1.46. The molecule has 2 aromatic heterocycles. The minimum atomic E-state index is -0.735. The van der Waals surface area contributed by atoms with Crippen LogP contribution in [0.15, 0.2) is 29.0 Å². The zero-order chi connectivity index (χ0) is 16.7. The van der Waals surface area contributed by atoms with E-state index in [-0.39, 0.29) is 13.2 Å². The summed E-state index contributed by atoms with van der Waals surface area (Å²) >= 11 is 3.20. The molecule has 4 rings (SSSR count). The molecule has 6 nitrogen and oxygen atoms in total. The van der Waals surface area contributed by atoms with E-state index >= 15 is 0 Å². The molecule has 2 aromatic rings. The molecular weight excluding hydrogens is 346 g/mol. The Morgan fingerprint density at radius 2 is 1.83 bits per heavy atom. The van der Waals surface area contributed by atoms with Gasteiger partial charge in [0.15, 0.2) is 0 Å². The first kappa shape index (κ1) is 15.5. The predicted molar refractivity (Wildman–Crippen MR) is 90.4 cm³/mol. The third-order valence-corrected chi connectivity index (χ3v) is 6.14. The van der Waals surface area contributed by atoms with Gasteiger partial charge in [0.25, 0.3) is 0 Å². The largest absolute Gasteiger partial charge is 0.335 e. The summed E-state index contributed by atoms with van der Waals surface area (Å²) in [6.45, 7) is 1.81. The molecule has 4 amide bonds. The van der Waals surface area contributed by atoms with Gasteiger partial charge in [-0.2, -0.15) is 0 Å². The average Bonchev–Trinajstić information content (AvgIpc) is 3.29. The normalized spacial score (nSPS) is 18.6. The topological polar surface area (TPSA) is 60.9 Å². The van der Waals surface area contributed by atoms with Gasteiger partial charge in [0.2, 0.25) is 0 Å². The van der Waals surface area contributed by atoms with Gasteiger partial charge in [-0.05, 0) is 34.9 Å². The molecular formula is C16H15N3O3S2. The third-order valence-electron chi connectivity index (χ3n) is 4.26. The van der Waals surface area contributed by atoms with Crippen molar-refractivity contribution in [1.82, 2.24) is 14.7 Å². The van der Waals surface area contributed by atoms with Gasteiger partial charge in [-0.3, -0.25) is 19.4 Å². The number of fused-ring (bicyclic) bond motifs is 1. The summed E-state index contributed by atoms with van der Waals surface area (Å²) in [5.41, 5.74) is 1.24. The van der Waals surface area contributed by atoms with E-state index in [9.17, 15) is 14.4 Å². The van der Waals surface area contributed by atoms with Crippen LogP contribution < -0.4 is 0 Å². The zero-order valence-corrected chi connectivity index (χ0v) is 14.4. The Hall–Kier alpha value is -2.03. The quantitative estimate of drug-likeness (QED) is 0.618. The van der Waals surface area contributed by atoms with Crippen molar-refractivity contribution < 1.29 is 14.4 Å². The number of hydrogen-bond acceptors (Lipinski definition) is 6. The van der Waals surface area contributed by atoms with Gasteiger partial charge in [0, 0.05) is 22.8 Å². The molecule has 24 heavy (non-hydrogen) atoms. The zero-order valence-electron chi connectivity index (χ0n) is 12.8. The minimum absolute atomic E-state index is 0.159.